The summed E-state index contributed by atoms with van der Waals surface area (Å²) in [7, 11) is 0. The Morgan fingerprint density at radius 2 is 1.91 bits per heavy atom. The first-order valence-corrected chi connectivity index (χ1v) is 9.45. The molecule has 5 nitrogen and oxygen atoms in total. The molecule has 6 heteroatoms. The summed E-state index contributed by atoms with van der Waals surface area (Å²) in [6.45, 7) is 3.79. The van der Waals surface area contributed by atoms with Crippen molar-refractivity contribution in [2.45, 2.75) is 70.3 Å². The van der Waals surface area contributed by atoms with Gasteiger partial charge in [0.25, 0.3) is 0 Å². The predicted octanol–water partition coefficient (Wildman–Crippen LogP) is 3.32. The van der Waals surface area contributed by atoms with E-state index in [1.165, 1.54) is 19.3 Å². The van der Waals surface area contributed by atoms with Crippen molar-refractivity contribution in [3.05, 3.63) is 10.0 Å². The number of urea groups is 1. The summed E-state index contributed by atoms with van der Waals surface area (Å²) in [5.41, 5.74) is 0. The van der Waals surface area contributed by atoms with Crippen LogP contribution in [0.5, 0.6) is 0 Å². The highest BCUT2D eigenvalue weighted by Gasteiger charge is 2.27. The van der Waals surface area contributed by atoms with Crippen LogP contribution in [0.4, 0.5) is 4.79 Å². The third-order valence-corrected chi connectivity index (χ3v) is 6.08. The van der Waals surface area contributed by atoms with Crippen molar-refractivity contribution in [1.82, 2.24) is 20.4 Å². The molecule has 1 aromatic rings. The molecular weight excluding hydrogens is 296 g/mol. The molecule has 0 bridgehead atoms. The molecule has 22 heavy (non-hydrogen) atoms. The van der Waals surface area contributed by atoms with Gasteiger partial charge in [-0.2, -0.15) is 0 Å². The number of likely N-dealkylation sites (tertiary alicyclic amines) is 1. The maximum atomic E-state index is 12.3. The fraction of sp³-hybridized carbons (Fsp3) is 0.812. The molecule has 0 unspecified atom stereocenters. The summed E-state index contributed by atoms with van der Waals surface area (Å²) in [5, 5.41) is 14.0. The molecular formula is C16H26N4OS. The number of hydrogen-bond acceptors (Lipinski definition) is 4. The fourth-order valence-corrected chi connectivity index (χ4v) is 4.37. The predicted molar refractivity (Wildman–Crippen MR) is 88.2 cm³/mol. The van der Waals surface area contributed by atoms with Gasteiger partial charge in [-0.3, -0.25) is 0 Å². The van der Waals surface area contributed by atoms with E-state index in [0.29, 0.717) is 12.0 Å². The summed E-state index contributed by atoms with van der Waals surface area (Å²) in [4.78, 5) is 14.3. The lowest BCUT2D eigenvalue weighted by atomic mass is 9.95. The van der Waals surface area contributed by atoms with E-state index in [4.69, 9.17) is 0 Å². The van der Waals surface area contributed by atoms with Crippen LogP contribution in [0.15, 0.2) is 0 Å². The number of carbonyl (C=O) groups is 1. The Labute approximate surface area is 136 Å². The van der Waals surface area contributed by atoms with Crippen molar-refractivity contribution >= 4 is 17.4 Å². The van der Waals surface area contributed by atoms with Gasteiger partial charge in [0, 0.05) is 25.0 Å². The summed E-state index contributed by atoms with van der Waals surface area (Å²) in [5.74, 6) is 0.483. The summed E-state index contributed by atoms with van der Waals surface area (Å²) in [6, 6.07) is 0.533. The Morgan fingerprint density at radius 1 is 1.18 bits per heavy atom. The van der Waals surface area contributed by atoms with Crippen molar-refractivity contribution in [2.75, 3.05) is 13.1 Å². The lowest BCUT2D eigenvalue weighted by Gasteiger charge is -2.33. The number of hydrogen-bond donors (Lipinski definition) is 1. The Morgan fingerprint density at radius 3 is 2.55 bits per heavy atom. The van der Waals surface area contributed by atoms with Crippen LogP contribution in [0.25, 0.3) is 0 Å². The number of amides is 2. The molecule has 2 amide bonds. The summed E-state index contributed by atoms with van der Waals surface area (Å²) < 4.78 is 0. The monoisotopic (exact) mass is 322 g/mol. The Bertz CT molecular complexity index is 490. The van der Waals surface area contributed by atoms with Gasteiger partial charge in [0.2, 0.25) is 0 Å². The normalized spacial score (nSPS) is 21.0. The van der Waals surface area contributed by atoms with Gasteiger partial charge in [-0.05, 0) is 32.1 Å². The van der Waals surface area contributed by atoms with Crippen LogP contribution < -0.4 is 5.32 Å². The number of aryl methyl sites for hydroxylation is 1. The number of nitrogens with zero attached hydrogens (tertiary/aromatic N) is 3. The van der Waals surface area contributed by atoms with Gasteiger partial charge in [0.15, 0.2) is 0 Å². The van der Waals surface area contributed by atoms with Crippen LogP contribution in [-0.2, 0) is 6.42 Å². The first kappa shape index (κ1) is 15.7. The smallest absolute Gasteiger partial charge is 0.317 e. The van der Waals surface area contributed by atoms with Crippen LogP contribution in [0.3, 0.4) is 0 Å². The van der Waals surface area contributed by atoms with Gasteiger partial charge in [-0.15, -0.1) is 21.5 Å². The Hall–Kier alpha value is -1.17. The molecule has 0 spiro atoms. The van der Waals surface area contributed by atoms with Crippen molar-refractivity contribution in [3.8, 4) is 0 Å². The van der Waals surface area contributed by atoms with Crippen molar-refractivity contribution in [2.24, 2.45) is 0 Å². The molecule has 0 aromatic carbocycles. The van der Waals surface area contributed by atoms with Gasteiger partial charge in [0.1, 0.15) is 10.0 Å². The van der Waals surface area contributed by atoms with E-state index in [1.807, 2.05) is 4.90 Å². The van der Waals surface area contributed by atoms with Crippen LogP contribution in [-0.4, -0.2) is 40.3 Å². The maximum Gasteiger partial charge on any atom is 0.317 e. The van der Waals surface area contributed by atoms with Crippen LogP contribution >= 0.6 is 11.3 Å². The van der Waals surface area contributed by atoms with Crippen molar-refractivity contribution in [3.63, 3.8) is 0 Å². The molecule has 1 aliphatic carbocycles. The average Bonchev–Trinajstić information content (AvgIpc) is 3.05. The molecule has 1 N–H and O–H groups in total. The lowest BCUT2D eigenvalue weighted by molar-refractivity contribution is 0.174. The second kappa shape index (κ2) is 7.40. The standard InChI is InChI=1S/C16H26N4OS/c1-2-14-18-19-15(22-14)12-8-10-20(11-9-12)16(21)17-13-6-4-3-5-7-13/h12-13H,2-11H2,1H3,(H,17,21). The molecule has 1 aromatic heterocycles. The molecule has 0 atom stereocenters. The Balaban J connectivity index is 1.47. The number of piperidine rings is 1. The van der Waals surface area contributed by atoms with E-state index in [0.717, 1.165) is 55.2 Å². The molecule has 1 saturated carbocycles. The number of aromatic nitrogens is 2. The molecule has 2 heterocycles. The van der Waals surface area contributed by atoms with E-state index >= 15 is 0 Å². The van der Waals surface area contributed by atoms with E-state index in [-0.39, 0.29) is 6.03 Å². The van der Waals surface area contributed by atoms with E-state index < -0.39 is 0 Å². The van der Waals surface area contributed by atoms with Gasteiger partial charge < -0.3 is 10.2 Å². The molecule has 122 valence electrons. The largest absolute Gasteiger partial charge is 0.335 e. The second-order valence-electron chi connectivity index (χ2n) is 6.43. The zero-order chi connectivity index (χ0) is 15.4. The summed E-state index contributed by atoms with van der Waals surface area (Å²) >= 11 is 1.74. The van der Waals surface area contributed by atoms with Gasteiger partial charge >= 0.3 is 6.03 Å². The average molecular weight is 322 g/mol. The van der Waals surface area contributed by atoms with Crippen LogP contribution in [0, 0.1) is 0 Å². The molecule has 3 rings (SSSR count). The zero-order valence-electron chi connectivity index (χ0n) is 13.4. The fourth-order valence-electron chi connectivity index (χ4n) is 3.42. The number of nitrogens with one attached hydrogen (secondary N) is 1. The minimum atomic E-state index is 0.136. The van der Waals surface area contributed by atoms with E-state index in [1.54, 1.807) is 11.3 Å². The lowest BCUT2D eigenvalue weighted by Crippen LogP contribution is -2.48. The maximum absolute atomic E-state index is 12.3. The molecule has 0 radical (unpaired) electrons. The second-order valence-corrected chi connectivity index (χ2v) is 7.53. The van der Waals surface area contributed by atoms with Crippen molar-refractivity contribution < 1.29 is 4.79 Å². The quantitative estimate of drug-likeness (QED) is 0.928. The zero-order valence-corrected chi connectivity index (χ0v) is 14.2. The number of carbonyl (C=O) groups excluding carboxylic acids is 1. The third kappa shape index (κ3) is 3.77. The highest BCUT2D eigenvalue weighted by molar-refractivity contribution is 7.11. The third-order valence-electron chi connectivity index (χ3n) is 4.85. The minimum Gasteiger partial charge on any atom is -0.335 e. The van der Waals surface area contributed by atoms with E-state index in [2.05, 4.69) is 22.4 Å². The van der Waals surface area contributed by atoms with Crippen LogP contribution in [0.1, 0.15) is 67.8 Å². The molecule has 1 aliphatic heterocycles. The first-order chi connectivity index (χ1) is 10.8. The minimum absolute atomic E-state index is 0.136. The van der Waals surface area contributed by atoms with Gasteiger partial charge in [0.05, 0.1) is 0 Å². The SMILES string of the molecule is CCc1nnc(C2CCN(C(=O)NC3CCCCC3)CC2)s1. The Kier molecular flexibility index (Phi) is 5.28. The van der Waals surface area contributed by atoms with Crippen molar-refractivity contribution in [1.29, 1.82) is 0 Å². The molecule has 2 aliphatic rings. The number of rotatable bonds is 3. The molecule has 1 saturated heterocycles. The van der Waals surface area contributed by atoms with Gasteiger partial charge in [-0.25, -0.2) is 4.79 Å². The topological polar surface area (TPSA) is 58.1 Å². The van der Waals surface area contributed by atoms with E-state index in [9.17, 15) is 4.79 Å². The first-order valence-electron chi connectivity index (χ1n) is 8.64. The highest BCUT2D eigenvalue weighted by atomic mass is 32.1. The van der Waals surface area contributed by atoms with Crippen LogP contribution in [0.2, 0.25) is 0 Å². The highest BCUT2D eigenvalue weighted by Crippen LogP contribution is 2.30. The molecule has 2 fully saturated rings. The van der Waals surface area contributed by atoms with Gasteiger partial charge in [-0.1, -0.05) is 26.2 Å². The summed E-state index contributed by atoms with van der Waals surface area (Å²) in [6.07, 6.45) is 9.10.